The van der Waals surface area contributed by atoms with Gasteiger partial charge < -0.3 is 5.11 Å². The quantitative estimate of drug-likeness (QED) is 0.486. The van der Waals surface area contributed by atoms with Crippen molar-refractivity contribution in [2.45, 2.75) is 6.54 Å². The zero-order valence-electron chi connectivity index (χ0n) is 12.5. The molecule has 128 valence electrons. The Balaban J connectivity index is 1.90. The summed E-state index contributed by atoms with van der Waals surface area (Å²) in [6, 6.07) is 9.10. The van der Waals surface area contributed by atoms with Crippen LogP contribution in [0.2, 0.25) is 5.02 Å². The first kappa shape index (κ1) is 18.2. The number of rotatable bonds is 3. The van der Waals surface area contributed by atoms with Gasteiger partial charge in [0.2, 0.25) is 0 Å². The zero-order valence-corrected chi connectivity index (χ0v) is 16.2. The van der Waals surface area contributed by atoms with Gasteiger partial charge >= 0.3 is 0 Å². The maximum atomic E-state index is 13.9. The van der Waals surface area contributed by atoms with E-state index in [1.807, 2.05) is 0 Å². The first-order valence-corrected chi connectivity index (χ1v) is 9.31. The minimum Gasteiger partial charge on any atom is -0.507 e. The maximum absolute atomic E-state index is 13.9. The second kappa shape index (κ2) is 7.35. The van der Waals surface area contributed by atoms with Crippen LogP contribution in [0.5, 0.6) is 5.75 Å². The van der Waals surface area contributed by atoms with Crippen molar-refractivity contribution in [2.75, 3.05) is 0 Å². The molecule has 0 atom stereocenters. The molecule has 1 aliphatic rings. The highest BCUT2D eigenvalue weighted by Crippen LogP contribution is 2.36. The minimum absolute atomic E-state index is 0.00404. The highest BCUT2D eigenvalue weighted by Gasteiger charge is 2.36. The molecule has 25 heavy (non-hydrogen) atoms. The average molecular weight is 490 g/mol. The van der Waals surface area contributed by atoms with Crippen molar-refractivity contribution in [1.82, 2.24) is 4.90 Å². The topological polar surface area (TPSA) is 57.6 Å². The molecule has 1 saturated heterocycles. The molecule has 1 aliphatic heterocycles. The van der Waals surface area contributed by atoms with Crippen LogP contribution in [-0.4, -0.2) is 21.2 Å². The summed E-state index contributed by atoms with van der Waals surface area (Å²) in [6.45, 7) is -0.244. The SMILES string of the molecule is O=C1S/C(=C\c2cc(I)ccc2O)C(=O)N1Cc1c(F)cccc1Cl. The Morgan fingerprint density at radius 3 is 2.76 bits per heavy atom. The lowest BCUT2D eigenvalue weighted by Gasteiger charge is -2.14. The summed E-state index contributed by atoms with van der Waals surface area (Å²) in [4.78, 5) is 25.8. The van der Waals surface area contributed by atoms with Crippen molar-refractivity contribution in [2.24, 2.45) is 0 Å². The van der Waals surface area contributed by atoms with Crippen LogP contribution in [0.15, 0.2) is 41.3 Å². The number of nitrogens with zero attached hydrogens (tertiary/aromatic N) is 1. The second-order valence-electron chi connectivity index (χ2n) is 5.17. The molecule has 8 heteroatoms. The van der Waals surface area contributed by atoms with Crippen LogP contribution in [0.3, 0.4) is 0 Å². The zero-order chi connectivity index (χ0) is 18.1. The molecule has 1 fully saturated rings. The third-order valence-electron chi connectivity index (χ3n) is 3.53. The van der Waals surface area contributed by atoms with E-state index in [2.05, 4.69) is 22.6 Å². The van der Waals surface area contributed by atoms with Crippen molar-refractivity contribution in [3.05, 3.63) is 66.8 Å². The van der Waals surface area contributed by atoms with Gasteiger partial charge in [-0.15, -0.1) is 0 Å². The van der Waals surface area contributed by atoms with Gasteiger partial charge in [-0.1, -0.05) is 17.7 Å². The number of phenolic OH excluding ortho intramolecular Hbond substituents is 1. The third kappa shape index (κ3) is 3.83. The molecule has 2 amide bonds. The van der Waals surface area contributed by atoms with Crippen molar-refractivity contribution in [3.8, 4) is 5.75 Å². The lowest BCUT2D eigenvalue weighted by molar-refractivity contribution is -0.123. The average Bonchev–Trinajstić information content (AvgIpc) is 2.81. The first-order chi connectivity index (χ1) is 11.9. The van der Waals surface area contributed by atoms with E-state index in [0.29, 0.717) is 5.56 Å². The van der Waals surface area contributed by atoms with Gasteiger partial charge in [-0.2, -0.15) is 0 Å². The Morgan fingerprint density at radius 1 is 1.28 bits per heavy atom. The highest BCUT2D eigenvalue weighted by atomic mass is 127. The highest BCUT2D eigenvalue weighted by molar-refractivity contribution is 14.1. The summed E-state index contributed by atoms with van der Waals surface area (Å²) in [5.74, 6) is -1.12. The molecule has 3 rings (SSSR count). The number of hydrogen-bond donors (Lipinski definition) is 1. The fraction of sp³-hybridized carbons (Fsp3) is 0.0588. The molecule has 1 N–H and O–H groups in total. The molecule has 2 aromatic rings. The van der Waals surface area contributed by atoms with Gasteiger partial charge in [0.1, 0.15) is 11.6 Å². The largest absolute Gasteiger partial charge is 0.507 e. The van der Waals surface area contributed by atoms with Crippen molar-refractivity contribution in [3.63, 3.8) is 0 Å². The number of phenols is 1. The van der Waals surface area contributed by atoms with Gasteiger partial charge in [-0.05, 0) is 70.8 Å². The van der Waals surface area contributed by atoms with E-state index in [1.54, 1.807) is 12.1 Å². The molecule has 0 bridgehead atoms. The van der Waals surface area contributed by atoms with Crippen molar-refractivity contribution in [1.29, 1.82) is 0 Å². The molecule has 0 radical (unpaired) electrons. The molecule has 0 unspecified atom stereocenters. The molecule has 1 heterocycles. The summed E-state index contributed by atoms with van der Waals surface area (Å²) in [5.41, 5.74) is 0.520. The van der Waals surface area contributed by atoms with Gasteiger partial charge in [0.05, 0.1) is 11.4 Å². The van der Waals surface area contributed by atoms with E-state index in [9.17, 15) is 19.1 Å². The number of halogens is 3. The molecule has 2 aromatic carbocycles. The van der Waals surface area contributed by atoms with Gasteiger partial charge in [-0.3, -0.25) is 14.5 Å². The number of imide groups is 1. The Morgan fingerprint density at radius 2 is 2.04 bits per heavy atom. The number of carbonyl (C=O) groups excluding carboxylic acids is 2. The molecular weight excluding hydrogens is 480 g/mol. The van der Waals surface area contributed by atoms with Crippen molar-refractivity contribution < 1.29 is 19.1 Å². The van der Waals surface area contributed by atoms with Gasteiger partial charge in [-0.25, -0.2) is 4.39 Å². The fourth-order valence-electron chi connectivity index (χ4n) is 2.26. The van der Waals surface area contributed by atoms with E-state index in [-0.39, 0.29) is 27.8 Å². The monoisotopic (exact) mass is 489 g/mol. The summed E-state index contributed by atoms with van der Waals surface area (Å²) >= 11 is 8.78. The summed E-state index contributed by atoms with van der Waals surface area (Å²) in [7, 11) is 0. The molecule has 4 nitrogen and oxygen atoms in total. The smallest absolute Gasteiger partial charge is 0.293 e. The predicted molar refractivity (Wildman–Crippen MR) is 104 cm³/mol. The Labute approximate surface area is 165 Å². The van der Waals surface area contributed by atoms with Crippen molar-refractivity contribution >= 4 is 63.2 Å². The van der Waals surface area contributed by atoms with Gasteiger partial charge in [0.15, 0.2) is 0 Å². The van der Waals surface area contributed by atoms with E-state index in [4.69, 9.17) is 11.6 Å². The van der Waals surface area contributed by atoms with Crippen LogP contribution < -0.4 is 0 Å². The number of benzene rings is 2. The van der Waals surface area contributed by atoms with Crippen LogP contribution >= 0.6 is 46.0 Å². The fourth-order valence-corrected chi connectivity index (χ4v) is 3.83. The van der Waals surface area contributed by atoms with Crippen LogP contribution in [0.1, 0.15) is 11.1 Å². The maximum Gasteiger partial charge on any atom is 0.293 e. The Bertz CT molecular complexity index is 899. The first-order valence-electron chi connectivity index (χ1n) is 7.03. The summed E-state index contributed by atoms with van der Waals surface area (Å²) in [6.07, 6.45) is 1.45. The standard InChI is InChI=1S/C17H10ClFINO3S/c18-12-2-1-3-13(19)11(12)8-21-16(23)15(25-17(21)24)7-9-6-10(20)4-5-14(9)22/h1-7,22H,8H2/b15-7-. The predicted octanol–water partition coefficient (Wildman–Crippen LogP) is 5.03. The van der Waals surface area contributed by atoms with Crippen LogP contribution in [0.4, 0.5) is 9.18 Å². The van der Waals surface area contributed by atoms with E-state index < -0.39 is 17.0 Å². The van der Waals surface area contributed by atoms with E-state index in [1.165, 1.54) is 30.3 Å². The molecule has 0 saturated carbocycles. The van der Waals surface area contributed by atoms with Gasteiger partial charge in [0, 0.05) is 19.7 Å². The Kier molecular flexibility index (Phi) is 5.35. The molecule has 0 spiro atoms. The molecule has 0 aliphatic carbocycles. The molecule has 0 aromatic heterocycles. The third-order valence-corrected chi connectivity index (χ3v) is 5.46. The van der Waals surface area contributed by atoms with Gasteiger partial charge in [0.25, 0.3) is 11.1 Å². The van der Waals surface area contributed by atoms with E-state index in [0.717, 1.165) is 20.2 Å². The number of amides is 2. The van der Waals surface area contributed by atoms with Crippen LogP contribution in [0.25, 0.3) is 6.08 Å². The Hall–Kier alpha value is -1.58. The van der Waals surface area contributed by atoms with Crippen LogP contribution in [0, 0.1) is 9.39 Å². The normalized spacial score (nSPS) is 16.1. The summed E-state index contributed by atoms with van der Waals surface area (Å²) < 4.78 is 14.8. The number of aromatic hydroxyl groups is 1. The van der Waals surface area contributed by atoms with Crippen LogP contribution in [-0.2, 0) is 11.3 Å². The lowest BCUT2D eigenvalue weighted by Crippen LogP contribution is -2.28. The number of hydrogen-bond acceptors (Lipinski definition) is 4. The molecular formula is C17H10ClFINO3S. The lowest BCUT2D eigenvalue weighted by atomic mass is 10.1. The summed E-state index contributed by atoms with van der Waals surface area (Å²) in [5, 5.41) is 9.53. The minimum atomic E-state index is -0.578. The number of thioether (sulfide) groups is 1. The number of carbonyl (C=O) groups is 2. The second-order valence-corrected chi connectivity index (χ2v) is 7.82. The van der Waals surface area contributed by atoms with E-state index >= 15 is 0 Å².